The van der Waals surface area contributed by atoms with Crippen LogP contribution >= 0.6 is 21.6 Å². The largest absolute Gasteiger partial charge is 0.573 e. The van der Waals surface area contributed by atoms with E-state index >= 15 is 0 Å². The zero-order valence-corrected chi connectivity index (χ0v) is 20.4. The predicted molar refractivity (Wildman–Crippen MR) is 121 cm³/mol. The van der Waals surface area contributed by atoms with E-state index in [2.05, 4.69) is 9.47 Å². The first kappa shape index (κ1) is 26.3. The molecule has 2 aromatic rings. The van der Waals surface area contributed by atoms with Gasteiger partial charge in [-0.25, -0.2) is 0 Å². The molecular weight excluding hydrogens is 534 g/mol. The molecule has 0 unspecified atom stereocenters. The second-order valence-corrected chi connectivity index (χ2v) is 10.2. The fourth-order valence-corrected chi connectivity index (χ4v) is 6.32. The van der Waals surface area contributed by atoms with Crippen LogP contribution in [0.3, 0.4) is 0 Å². The number of nitrogens with zero attached hydrogens (tertiary/aromatic N) is 2. The van der Waals surface area contributed by atoms with Crippen LogP contribution in [0.5, 0.6) is 11.5 Å². The molecule has 2 aliphatic rings. The number of amides is 2. The molecule has 194 valence electrons. The molecule has 4 rings (SSSR count). The van der Waals surface area contributed by atoms with Crippen LogP contribution in [0, 0.1) is 0 Å². The number of fused-ring (bicyclic) bond motifs is 2. The molecule has 0 atom stereocenters. The van der Waals surface area contributed by atoms with Gasteiger partial charge in [-0.05, 0) is 57.7 Å². The van der Waals surface area contributed by atoms with Crippen molar-refractivity contribution < 1.29 is 45.4 Å². The molecule has 6 nitrogen and oxygen atoms in total. The number of hydrogen-bond acceptors (Lipinski definition) is 6. The minimum absolute atomic E-state index is 0.0188. The van der Waals surface area contributed by atoms with Crippen molar-refractivity contribution in [3.63, 3.8) is 0 Å². The summed E-state index contributed by atoms with van der Waals surface area (Å²) in [6.07, 6.45) is -9.24. The van der Waals surface area contributed by atoms with Crippen LogP contribution in [0.25, 0.3) is 0 Å². The molecule has 2 amide bonds. The molecule has 0 aliphatic carbocycles. The molecule has 0 saturated heterocycles. The summed E-state index contributed by atoms with van der Waals surface area (Å²) in [5.41, 5.74) is 1.80. The van der Waals surface area contributed by atoms with E-state index in [0.29, 0.717) is 48.4 Å². The highest BCUT2D eigenvalue weighted by Gasteiger charge is 2.36. The van der Waals surface area contributed by atoms with E-state index in [9.17, 15) is 35.9 Å². The van der Waals surface area contributed by atoms with Gasteiger partial charge in [0, 0.05) is 39.1 Å². The second kappa shape index (κ2) is 9.61. The van der Waals surface area contributed by atoms with Gasteiger partial charge in [-0.1, -0.05) is 0 Å². The van der Waals surface area contributed by atoms with Crippen molar-refractivity contribution in [2.75, 3.05) is 22.9 Å². The molecule has 2 aromatic carbocycles. The molecule has 0 bridgehead atoms. The van der Waals surface area contributed by atoms with Gasteiger partial charge in [0.1, 0.15) is 11.5 Å². The van der Waals surface area contributed by atoms with E-state index in [0.717, 1.165) is 33.7 Å². The lowest BCUT2D eigenvalue weighted by atomic mass is 10.1. The average Bonchev–Trinajstić information content (AvgIpc) is 3.33. The molecule has 36 heavy (non-hydrogen) atoms. The number of benzene rings is 2. The first-order valence-corrected chi connectivity index (χ1v) is 12.6. The van der Waals surface area contributed by atoms with Crippen LogP contribution < -0.4 is 19.3 Å². The van der Waals surface area contributed by atoms with E-state index in [-0.39, 0.29) is 21.6 Å². The number of hydrogen-bond donors (Lipinski definition) is 0. The lowest BCUT2D eigenvalue weighted by molar-refractivity contribution is -0.276. The highest BCUT2D eigenvalue weighted by atomic mass is 33.1. The third kappa shape index (κ3) is 5.80. The maximum atomic E-state index is 13.1. The van der Waals surface area contributed by atoms with Crippen molar-refractivity contribution >= 4 is 44.8 Å². The lowest BCUT2D eigenvalue weighted by Gasteiger charge is -2.20. The molecule has 14 heteroatoms. The average molecular weight is 553 g/mol. The molecule has 0 fully saturated rings. The van der Waals surface area contributed by atoms with E-state index in [4.69, 9.17) is 0 Å². The van der Waals surface area contributed by atoms with Crippen molar-refractivity contribution in [3.05, 3.63) is 35.4 Å². The smallest absolute Gasteiger partial charge is 0.404 e. The standard InChI is InChI=1S/C22H18F6N2O4S2/c1-11(31)29-5-3-13-7-19(17(9-15(13)29)33-21(23,24)25)35-36-20-8-14-4-6-30(12(2)32)16(14)10-18(20)34-22(26,27)28/h7-10H,3-6H2,1-2H3. The molecule has 0 N–H and O–H groups in total. The van der Waals surface area contributed by atoms with Crippen LogP contribution in [0.1, 0.15) is 25.0 Å². The highest BCUT2D eigenvalue weighted by Crippen LogP contribution is 2.50. The summed E-state index contributed by atoms with van der Waals surface area (Å²) in [7, 11) is 1.54. The molecule has 0 saturated carbocycles. The van der Waals surface area contributed by atoms with E-state index < -0.39 is 24.2 Å². The zero-order valence-electron chi connectivity index (χ0n) is 18.7. The van der Waals surface area contributed by atoms with Crippen LogP contribution in [-0.2, 0) is 22.4 Å². The topological polar surface area (TPSA) is 59.1 Å². The molecular formula is C22H18F6N2O4S2. The lowest BCUT2D eigenvalue weighted by Crippen LogP contribution is -2.26. The fraction of sp³-hybridized carbons (Fsp3) is 0.364. The first-order valence-electron chi connectivity index (χ1n) is 10.5. The van der Waals surface area contributed by atoms with Gasteiger partial charge in [0.05, 0.1) is 21.2 Å². The number of anilines is 2. The predicted octanol–water partition coefficient (Wildman–Crippen LogP) is 6.10. The Balaban J connectivity index is 1.69. The van der Waals surface area contributed by atoms with E-state index in [1.807, 2.05) is 0 Å². The summed E-state index contributed by atoms with van der Waals surface area (Å²) in [6.45, 7) is 3.17. The number of alkyl halides is 6. The summed E-state index contributed by atoms with van der Waals surface area (Å²) in [6, 6.07) is 5.10. The van der Waals surface area contributed by atoms with Gasteiger partial charge in [-0.2, -0.15) is 0 Å². The van der Waals surface area contributed by atoms with Gasteiger partial charge in [0.15, 0.2) is 0 Å². The maximum absolute atomic E-state index is 13.1. The summed E-state index contributed by atoms with van der Waals surface area (Å²) < 4.78 is 86.9. The monoisotopic (exact) mass is 552 g/mol. The SMILES string of the molecule is CC(=O)N1CCc2cc(SSc3cc4c(cc3OC(F)(F)F)N(C(C)=O)CC4)c(OC(F)(F)F)cc21. The molecule has 2 heterocycles. The zero-order chi connectivity index (χ0) is 26.4. The number of ether oxygens (including phenoxy) is 2. The number of halogens is 6. The third-order valence-electron chi connectivity index (χ3n) is 5.51. The summed E-state index contributed by atoms with van der Waals surface area (Å²) >= 11 is 0. The van der Waals surface area contributed by atoms with Crippen LogP contribution in [0.4, 0.5) is 37.7 Å². The fourth-order valence-electron chi connectivity index (χ4n) is 4.07. The maximum Gasteiger partial charge on any atom is 0.573 e. The molecule has 0 radical (unpaired) electrons. The van der Waals surface area contributed by atoms with Crippen molar-refractivity contribution in [2.24, 2.45) is 0 Å². The van der Waals surface area contributed by atoms with Gasteiger partial charge < -0.3 is 19.3 Å². The van der Waals surface area contributed by atoms with Crippen LogP contribution in [0.15, 0.2) is 34.1 Å². The van der Waals surface area contributed by atoms with Crippen molar-refractivity contribution in [1.29, 1.82) is 0 Å². The number of carbonyl (C=O) groups is 2. The Morgan fingerprint density at radius 3 is 1.39 bits per heavy atom. The Hall–Kier alpha value is -2.74. The Morgan fingerprint density at radius 1 is 0.722 bits per heavy atom. The van der Waals surface area contributed by atoms with Crippen molar-refractivity contribution in [3.8, 4) is 11.5 Å². The third-order valence-corrected chi connectivity index (χ3v) is 7.92. The molecule has 0 aromatic heterocycles. The van der Waals surface area contributed by atoms with Gasteiger partial charge in [-0.15, -0.1) is 26.3 Å². The normalized spacial score (nSPS) is 15.1. The minimum Gasteiger partial charge on any atom is -0.404 e. The van der Waals surface area contributed by atoms with Gasteiger partial charge in [0.2, 0.25) is 11.8 Å². The van der Waals surface area contributed by atoms with E-state index in [1.54, 1.807) is 0 Å². The van der Waals surface area contributed by atoms with Gasteiger partial charge >= 0.3 is 12.7 Å². The Labute approximate surface area is 209 Å². The van der Waals surface area contributed by atoms with Gasteiger partial charge in [-0.3, -0.25) is 9.59 Å². The molecule has 2 aliphatic heterocycles. The van der Waals surface area contributed by atoms with E-state index in [1.165, 1.54) is 35.8 Å². The number of carbonyl (C=O) groups excluding carboxylic acids is 2. The quantitative estimate of drug-likeness (QED) is 0.330. The number of rotatable bonds is 5. The highest BCUT2D eigenvalue weighted by molar-refractivity contribution is 8.76. The second-order valence-electron chi connectivity index (χ2n) is 7.96. The Bertz CT molecular complexity index is 1120. The minimum atomic E-state index is -5.03. The van der Waals surface area contributed by atoms with Crippen LogP contribution in [-0.4, -0.2) is 37.6 Å². The van der Waals surface area contributed by atoms with Crippen LogP contribution in [0.2, 0.25) is 0 Å². The molecule has 0 spiro atoms. The summed E-state index contributed by atoms with van der Waals surface area (Å²) in [4.78, 5) is 26.4. The van der Waals surface area contributed by atoms with Crippen molar-refractivity contribution in [1.82, 2.24) is 0 Å². The van der Waals surface area contributed by atoms with Crippen molar-refractivity contribution in [2.45, 2.75) is 49.2 Å². The summed E-state index contributed by atoms with van der Waals surface area (Å²) in [5, 5.41) is 0. The Kier molecular flexibility index (Phi) is 7.03. The summed E-state index contributed by atoms with van der Waals surface area (Å²) in [5.74, 6) is -1.83. The van der Waals surface area contributed by atoms with Gasteiger partial charge in [0.25, 0.3) is 0 Å². The first-order chi connectivity index (χ1) is 16.7. The Morgan fingerprint density at radius 2 is 1.08 bits per heavy atom.